The number of carbonyl (C=O) groups excluding carboxylic acids is 1. The van der Waals surface area contributed by atoms with Crippen molar-refractivity contribution in [3.63, 3.8) is 0 Å². The molecule has 1 saturated heterocycles. The molecule has 2 heterocycles. The minimum Gasteiger partial charge on any atom is -0.364 e. The number of hydrogen-bond acceptors (Lipinski definition) is 5. The SMILES string of the molecule is Cc1nc(NC(=O)[C@@H]2CC[C@H](CN)O2)sc1Cc1ccc(F)cc1. The summed E-state index contributed by atoms with van der Waals surface area (Å²) < 4.78 is 18.6. The van der Waals surface area contributed by atoms with Crippen molar-refractivity contribution >= 4 is 22.4 Å². The van der Waals surface area contributed by atoms with Gasteiger partial charge in [0.05, 0.1) is 11.8 Å². The molecule has 1 fully saturated rings. The van der Waals surface area contributed by atoms with Crippen LogP contribution in [0.15, 0.2) is 24.3 Å². The molecule has 0 aliphatic carbocycles. The topological polar surface area (TPSA) is 77.2 Å². The van der Waals surface area contributed by atoms with Crippen molar-refractivity contribution in [3.8, 4) is 0 Å². The summed E-state index contributed by atoms with van der Waals surface area (Å²) in [6.07, 6.45) is 1.66. The molecule has 24 heavy (non-hydrogen) atoms. The van der Waals surface area contributed by atoms with Gasteiger partial charge in [-0.25, -0.2) is 9.37 Å². The van der Waals surface area contributed by atoms with E-state index in [1.807, 2.05) is 6.92 Å². The molecule has 1 aromatic heterocycles. The summed E-state index contributed by atoms with van der Waals surface area (Å²) in [7, 11) is 0. The second kappa shape index (κ2) is 7.38. The minimum atomic E-state index is -0.455. The predicted molar refractivity (Wildman–Crippen MR) is 91.6 cm³/mol. The van der Waals surface area contributed by atoms with Crippen molar-refractivity contribution in [1.29, 1.82) is 0 Å². The van der Waals surface area contributed by atoms with Crippen LogP contribution in [0.4, 0.5) is 9.52 Å². The van der Waals surface area contributed by atoms with Gasteiger partial charge in [-0.2, -0.15) is 0 Å². The first-order valence-electron chi connectivity index (χ1n) is 7.92. The second-order valence-corrected chi connectivity index (χ2v) is 6.96. The molecule has 1 aliphatic heterocycles. The van der Waals surface area contributed by atoms with Crippen molar-refractivity contribution < 1.29 is 13.9 Å². The van der Waals surface area contributed by atoms with Crippen LogP contribution in [0.25, 0.3) is 0 Å². The molecule has 3 N–H and O–H groups in total. The van der Waals surface area contributed by atoms with Crippen molar-refractivity contribution in [2.75, 3.05) is 11.9 Å². The van der Waals surface area contributed by atoms with Crippen LogP contribution in [-0.4, -0.2) is 29.6 Å². The Hall–Kier alpha value is -1.83. The quantitative estimate of drug-likeness (QED) is 0.870. The van der Waals surface area contributed by atoms with Gasteiger partial charge in [-0.3, -0.25) is 10.1 Å². The highest BCUT2D eigenvalue weighted by molar-refractivity contribution is 7.15. The Labute approximate surface area is 144 Å². The number of aryl methyl sites for hydroxylation is 1. The van der Waals surface area contributed by atoms with E-state index in [9.17, 15) is 9.18 Å². The highest BCUT2D eigenvalue weighted by Crippen LogP contribution is 2.27. The van der Waals surface area contributed by atoms with E-state index in [4.69, 9.17) is 10.5 Å². The lowest BCUT2D eigenvalue weighted by Gasteiger charge is -2.11. The molecule has 1 aromatic carbocycles. The number of nitrogens with zero attached hydrogens (tertiary/aromatic N) is 1. The molecule has 1 aliphatic rings. The van der Waals surface area contributed by atoms with Crippen LogP contribution in [0.5, 0.6) is 0 Å². The number of ether oxygens (including phenoxy) is 1. The monoisotopic (exact) mass is 349 g/mol. The summed E-state index contributed by atoms with van der Waals surface area (Å²) in [5, 5.41) is 3.39. The van der Waals surface area contributed by atoms with Gasteiger partial charge in [-0.15, -0.1) is 11.3 Å². The summed E-state index contributed by atoms with van der Waals surface area (Å²) in [6.45, 7) is 2.34. The number of aromatic nitrogens is 1. The lowest BCUT2D eigenvalue weighted by atomic mass is 10.1. The number of amides is 1. The molecule has 5 nitrogen and oxygen atoms in total. The Morgan fingerprint density at radius 2 is 2.17 bits per heavy atom. The molecule has 3 rings (SSSR count). The average molecular weight is 349 g/mol. The Morgan fingerprint density at radius 3 is 2.83 bits per heavy atom. The number of hydrogen-bond donors (Lipinski definition) is 2. The summed E-state index contributed by atoms with van der Waals surface area (Å²) >= 11 is 1.44. The third-order valence-electron chi connectivity index (χ3n) is 4.06. The number of anilines is 1. The Morgan fingerprint density at radius 1 is 1.42 bits per heavy atom. The second-order valence-electron chi connectivity index (χ2n) is 5.88. The largest absolute Gasteiger partial charge is 0.364 e. The van der Waals surface area contributed by atoms with Gasteiger partial charge in [0.15, 0.2) is 5.13 Å². The van der Waals surface area contributed by atoms with Gasteiger partial charge in [0, 0.05) is 17.8 Å². The van der Waals surface area contributed by atoms with Crippen molar-refractivity contribution in [3.05, 3.63) is 46.2 Å². The van der Waals surface area contributed by atoms with Gasteiger partial charge >= 0.3 is 0 Å². The molecule has 0 unspecified atom stereocenters. The molecule has 0 saturated carbocycles. The van der Waals surface area contributed by atoms with Gasteiger partial charge in [-0.1, -0.05) is 12.1 Å². The molecule has 7 heteroatoms. The van der Waals surface area contributed by atoms with E-state index in [1.165, 1.54) is 23.5 Å². The van der Waals surface area contributed by atoms with Crippen LogP contribution in [0.3, 0.4) is 0 Å². The lowest BCUT2D eigenvalue weighted by Crippen LogP contribution is -2.29. The highest BCUT2D eigenvalue weighted by atomic mass is 32.1. The highest BCUT2D eigenvalue weighted by Gasteiger charge is 2.30. The third-order valence-corrected chi connectivity index (χ3v) is 5.14. The van der Waals surface area contributed by atoms with Crippen molar-refractivity contribution in [2.24, 2.45) is 5.73 Å². The first-order chi connectivity index (χ1) is 11.5. The third kappa shape index (κ3) is 3.98. The molecule has 2 aromatic rings. The molecule has 0 radical (unpaired) electrons. The molecule has 0 spiro atoms. The Bertz CT molecular complexity index is 717. The molecule has 2 atom stereocenters. The molecular formula is C17H20FN3O2S. The Balaban J connectivity index is 1.63. The summed E-state index contributed by atoms with van der Waals surface area (Å²) in [5.74, 6) is -0.423. The van der Waals surface area contributed by atoms with Crippen LogP contribution in [0.2, 0.25) is 0 Å². The van der Waals surface area contributed by atoms with Gasteiger partial charge < -0.3 is 10.5 Å². The standard InChI is InChI=1S/C17H20FN3O2S/c1-10-15(8-11-2-4-12(18)5-3-11)24-17(20-10)21-16(22)14-7-6-13(9-19)23-14/h2-5,13-14H,6-9,19H2,1H3,(H,20,21,22)/t13-,14+/m1/s1. The van der Waals surface area contributed by atoms with Gasteiger partial charge in [0.1, 0.15) is 11.9 Å². The normalized spacial score (nSPS) is 20.3. The first kappa shape index (κ1) is 17.0. The van der Waals surface area contributed by atoms with E-state index in [-0.39, 0.29) is 17.8 Å². The van der Waals surface area contributed by atoms with Crippen LogP contribution in [0, 0.1) is 12.7 Å². The number of carbonyl (C=O) groups is 1. The van der Waals surface area contributed by atoms with Crippen LogP contribution < -0.4 is 11.1 Å². The van der Waals surface area contributed by atoms with E-state index in [1.54, 1.807) is 12.1 Å². The minimum absolute atomic E-state index is 0.0344. The van der Waals surface area contributed by atoms with E-state index < -0.39 is 6.10 Å². The number of thiazole rings is 1. The van der Waals surface area contributed by atoms with Crippen molar-refractivity contribution in [1.82, 2.24) is 4.98 Å². The van der Waals surface area contributed by atoms with E-state index >= 15 is 0 Å². The smallest absolute Gasteiger partial charge is 0.255 e. The zero-order valence-corrected chi connectivity index (χ0v) is 14.2. The van der Waals surface area contributed by atoms with Crippen molar-refractivity contribution in [2.45, 2.75) is 38.4 Å². The summed E-state index contributed by atoms with van der Waals surface area (Å²) in [6, 6.07) is 6.40. The maximum atomic E-state index is 13.0. The van der Waals surface area contributed by atoms with Crippen LogP contribution >= 0.6 is 11.3 Å². The zero-order valence-electron chi connectivity index (χ0n) is 13.4. The maximum Gasteiger partial charge on any atom is 0.255 e. The van der Waals surface area contributed by atoms with Crippen LogP contribution in [-0.2, 0) is 16.0 Å². The molecule has 128 valence electrons. The fraction of sp³-hybridized carbons (Fsp3) is 0.412. The van der Waals surface area contributed by atoms with Gasteiger partial charge in [0.2, 0.25) is 0 Å². The molecular weight excluding hydrogens is 329 g/mol. The average Bonchev–Trinajstić information content (AvgIpc) is 3.17. The predicted octanol–water partition coefficient (Wildman–Crippen LogP) is 2.63. The Kier molecular flexibility index (Phi) is 5.23. The maximum absolute atomic E-state index is 13.0. The number of nitrogens with two attached hydrogens (primary N) is 1. The lowest BCUT2D eigenvalue weighted by molar-refractivity contribution is -0.126. The fourth-order valence-electron chi connectivity index (χ4n) is 2.69. The van der Waals surface area contributed by atoms with E-state index in [0.29, 0.717) is 24.5 Å². The van der Waals surface area contributed by atoms with Gasteiger partial charge in [0.25, 0.3) is 5.91 Å². The van der Waals surface area contributed by atoms with Gasteiger partial charge in [-0.05, 0) is 37.5 Å². The first-order valence-corrected chi connectivity index (χ1v) is 8.74. The number of rotatable bonds is 5. The number of benzene rings is 1. The molecule has 0 bridgehead atoms. The number of halogens is 1. The summed E-state index contributed by atoms with van der Waals surface area (Å²) in [4.78, 5) is 17.7. The summed E-state index contributed by atoms with van der Waals surface area (Å²) in [5.41, 5.74) is 7.44. The fourth-order valence-corrected chi connectivity index (χ4v) is 3.69. The number of nitrogens with one attached hydrogen (secondary N) is 1. The zero-order chi connectivity index (χ0) is 17.1. The van der Waals surface area contributed by atoms with E-state index in [0.717, 1.165) is 22.6 Å². The van der Waals surface area contributed by atoms with Crippen LogP contribution in [0.1, 0.15) is 29.0 Å². The molecule has 1 amide bonds. The van der Waals surface area contributed by atoms with E-state index in [2.05, 4.69) is 10.3 Å².